The van der Waals surface area contributed by atoms with E-state index in [1.54, 1.807) is 11.8 Å². The quantitative estimate of drug-likeness (QED) is 0.674. The number of carbonyl (C=O) groups is 1. The van der Waals surface area contributed by atoms with Crippen molar-refractivity contribution < 1.29 is 14.3 Å². The Kier molecular flexibility index (Phi) is 8.35. The van der Waals surface area contributed by atoms with Gasteiger partial charge in [-0.05, 0) is 61.9 Å². The van der Waals surface area contributed by atoms with E-state index in [0.717, 1.165) is 29.2 Å². The monoisotopic (exact) mass is 373 g/mol. The minimum atomic E-state index is -0.0448. The Morgan fingerprint density at radius 1 is 0.962 bits per heavy atom. The fourth-order valence-corrected chi connectivity index (χ4v) is 3.12. The summed E-state index contributed by atoms with van der Waals surface area (Å²) in [6.07, 6.45) is 2.81. The van der Waals surface area contributed by atoms with E-state index in [0.29, 0.717) is 25.3 Å². The molecular weight excluding hydrogens is 346 g/mol. The highest BCUT2D eigenvalue weighted by atomic mass is 32.2. The van der Waals surface area contributed by atoms with Crippen LogP contribution in [-0.2, 0) is 12.2 Å². The largest absolute Gasteiger partial charge is 0.490 e. The molecule has 5 heteroatoms. The number of ether oxygens (including phenoxy) is 2. The predicted octanol–water partition coefficient (Wildman–Crippen LogP) is 4.32. The molecule has 0 atom stereocenters. The summed E-state index contributed by atoms with van der Waals surface area (Å²) in [4.78, 5) is 12.3. The normalized spacial score (nSPS) is 10.4. The summed E-state index contributed by atoms with van der Waals surface area (Å²) in [6, 6.07) is 13.7. The summed E-state index contributed by atoms with van der Waals surface area (Å²) in [5.41, 5.74) is 3.02. The number of carbonyl (C=O) groups excluding carboxylic acids is 1. The van der Waals surface area contributed by atoms with E-state index in [4.69, 9.17) is 9.47 Å². The molecule has 0 unspecified atom stereocenters. The third kappa shape index (κ3) is 5.99. The van der Waals surface area contributed by atoms with Crippen LogP contribution in [0.3, 0.4) is 0 Å². The number of nitrogens with one attached hydrogen (secondary N) is 1. The third-order valence-corrected chi connectivity index (χ3v) is 4.46. The molecule has 0 radical (unpaired) electrons. The highest BCUT2D eigenvalue weighted by molar-refractivity contribution is 7.97. The summed E-state index contributed by atoms with van der Waals surface area (Å²) in [5.74, 6) is 2.42. The zero-order chi connectivity index (χ0) is 18.8. The molecule has 0 aliphatic heterocycles. The van der Waals surface area contributed by atoms with E-state index in [1.165, 1.54) is 5.56 Å². The highest BCUT2D eigenvalue weighted by Crippen LogP contribution is 2.28. The summed E-state index contributed by atoms with van der Waals surface area (Å²) < 4.78 is 11.2. The zero-order valence-electron chi connectivity index (χ0n) is 15.7. The van der Waals surface area contributed by atoms with Gasteiger partial charge in [-0.2, -0.15) is 11.8 Å². The van der Waals surface area contributed by atoms with Crippen molar-refractivity contribution in [2.75, 3.05) is 26.0 Å². The topological polar surface area (TPSA) is 47.6 Å². The number of thioether (sulfide) groups is 1. The van der Waals surface area contributed by atoms with Crippen LogP contribution in [0.25, 0.3) is 0 Å². The van der Waals surface area contributed by atoms with E-state index in [-0.39, 0.29) is 5.91 Å². The standard InChI is InChI=1S/C21H27NO3S/c1-4-24-19-11-8-16(14-20(19)25-5-2)12-13-22-21(23)18-9-6-17(7-10-18)15-26-3/h6-11,14H,4-5,12-13,15H2,1-3H3,(H,22,23). The second-order valence-electron chi connectivity index (χ2n) is 5.78. The molecule has 0 saturated carbocycles. The maximum atomic E-state index is 12.3. The van der Waals surface area contributed by atoms with Crippen molar-refractivity contribution in [2.45, 2.75) is 26.0 Å². The molecule has 0 bridgehead atoms. The molecule has 0 aliphatic carbocycles. The molecule has 1 amide bonds. The Morgan fingerprint density at radius 2 is 1.62 bits per heavy atom. The molecule has 2 aromatic rings. The first-order valence-corrected chi connectivity index (χ1v) is 10.3. The molecule has 0 aromatic heterocycles. The Balaban J connectivity index is 1.90. The highest BCUT2D eigenvalue weighted by Gasteiger charge is 2.08. The second-order valence-corrected chi connectivity index (χ2v) is 6.65. The minimum absolute atomic E-state index is 0.0448. The van der Waals surface area contributed by atoms with Crippen LogP contribution in [0.2, 0.25) is 0 Å². The molecule has 0 aliphatic rings. The van der Waals surface area contributed by atoms with Gasteiger partial charge in [0.2, 0.25) is 0 Å². The lowest BCUT2D eigenvalue weighted by molar-refractivity contribution is 0.0954. The number of hydrogen-bond acceptors (Lipinski definition) is 4. The smallest absolute Gasteiger partial charge is 0.251 e. The van der Waals surface area contributed by atoms with Crippen LogP contribution >= 0.6 is 11.8 Å². The van der Waals surface area contributed by atoms with Gasteiger partial charge in [0.1, 0.15) is 0 Å². The van der Waals surface area contributed by atoms with Gasteiger partial charge in [0, 0.05) is 17.9 Å². The SMILES string of the molecule is CCOc1ccc(CCNC(=O)c2ccc(CSC)cc2)cc1OCC. The fourth-order valence-electron chi connectivity index (χ4n) is 2.59. The first-order valence-electron chi connectivity index (χ1n) is 8.92. The van der Waals surface area contributed by atoms with Crippen LogP contribution in [0.15, 0.2) is 42.5 Å². The fraction of sp³-hybridized carbons (Fsp3) is 0.381. The van der Waals surface area contributed by atoms with Crippen LogP contribution < -0.4 is 14.8 Å². The van der Waals surface area contributed by atoms with Crippen LogP contribution in [0, 0.1) is 0 Å². The maximum Gasteiger partial charge on any atom is 0.251 e. The second kappa shape index (κ2) is 10.8. The number of amides is 1. The molecule has 2 aromatic carbocycles. The first-order chi connectivity index (χ1) is 12.7. The van der Waals surface area contributed by atoms with E-state index in [9.17, 15) is 4.79 Å². The van der Waals surface area contributed by atoms with Crippen molar-refractivity contribution in [3.05, 3.63) is 59.2 Å². The molecule has 0 heterocycles. The van der Waals surface area contributed by atoms with Crippen LogP contribution in [-0.4, -0.2) is 31.9 Å². The molecule has 140 valence electrons. The van der Waals surface area contributed by atoms with Gasteiger partial charge < -0.3 is 14.8 Å². The van der Waals surface area contributed by atoms with Crippen molar-refractivity contribution in [3.63, 3.8) is 0 Å². The molecule has 4 nitrogen and oxygen atoms in total. The van der Waals surface area contributed by atoms with Gasteiger partial charge in [-0.1, -0.05) is 18.2 Å². The first kappa shape index (κ1) is 20.2. The number of rotatable bonds is 10. The van der Waals surface area contributed by atoms with Crippen molar-refractivity contribution >= 4 is 17.7 Å². The van der Waals surface area contributed by atoms with Gasteiger partial charge in [-0.15, -0.1) is 0 Å². The summed E-state index contributed by atoms with van der Waals surface area (Å²) in [6.45, 7) is 5.67. The molecule has 2 rings (SSSR count). The van der Waals surface area contributed by atoms with Crippen molar-refractivity contribution in [1.29, 1.82) is 0 Å². The van der Waals surface area contributed by atoms with E-state index < -0.39 is 0 Å². The average Bonchev–Trinajstić information content (AvgIpc) is 2.65. The molecule has 0 spiro atoms. The van der Waals surface area contributed by atoms with E-state index in [1.807, 2.05) is 56.3 Å². The molecule has 0 saturated heterocycles. The van der Waals surface area contributed by atoms with Gasteiger partial charge in [-0.3, -0.25) is 4.79 Å². The predicted molar refractivity (Wildman–Crippen MR) is 108 cm³/mol. The van der Waals surface area contributed by atoms with Gasteiger partial charge in [0.25, 0.3) is 5.91 Å². The summed E-state index contributed by atoms with van der Waals surface area (Å²) in [5, 5.41) is 2.97. The Bertz CT molecular complexity index is 701. The summed E-state index contributed by atoms with van der Waals surface area (Å²) >= 11 is 1.77. The molecule has 1 N–H and O–H groups in total. The molecule has 0 fully saturated rings. The van der Waals surface area contributed by atoms with Crippen LogP contribution in [0.1, 0.15) is 35.3 Å². The average molecular weight is 374 g/mol. The Hall–Kier alpha value is -2.14. The Labute approximate surface area is 160 Å². The van der Waals surface area contributed by atoms with Gasteiger partial charge in [-0.25, -0.2) is 0 Å². The maximum absolute atomic E-state index is 12.3. The van der Waals surface area contributed by atoms with Crippen LogP contribution in [0.4, 0.5) is 0 Å². The van der Waals surface area contributed by atoms with E-state index >= 15 is 0 Å². The van der Waals surface area contributed by atoms with Gasteiger partial charge in [0.15, 0.2) is 11.5 Å². The van der Waals surface area contributed by atoms with Crippen molar-refractivity contribution in [3.8, 4) is 11.5 Å². The van der Waals surface area contributed by atoms with Crippen molar-refractivity contribution in [1.82, 2.24) is 5.32 Å². The molecule has 26 heavy (non-hydrogen) atoms. The Morgan fingerprint density at radius 3 is 2.27 bits per heavy atom. The van der Waals surface area contributed by atoms with E-state index in [2.05, 4.69) is 11.6 Å². The minimum Gasteiger partial charge on any atom is -0.490 e. The molecular formula is C21H27NO3S. The van der Waals surface area contributed by atoms with Gasteiger partial charge >= 0.3 is 0 Å². The lowest BCUT2D eigenvalue weighted by Crippen LogP contribution is -2.25. The lowest BCUT2D eigenvalue weighted by Gasteiger charge is -2.12. The van der Waals surface area contributed by atoms with Crippen LogP contribution in [0.5, 0.6) is 11.5 Å². The van der Waals surface area contributed by atoms with Gasteiger partial charge in [0.05, 0.1) is 13.2 Å². The number of benzene rings is 2. The lowest BCUT2D eigenvalue weighted by atomic mass is 10.1. The number of hydrogen-bond donors (Lipinski definition) is 1. The van der Waals surface area contributed by atoms with Crippen molar-refractivity contribution in [2.24, 2.45) is 0 Å². The summed E-state index contributed by atoms with van der Waals surface area (Å²) in [7, 11) is 0. The zero-order valence-corrected chi connectivity index (χ0v) is 16.5. The third-order valence-electron chi connectivity index (χ3n) is 3.83.